The van der Waals surface area contributed by atoms with E-state index in [0.29, 0.717) is 0 Å². The summed E-state index contributed by atoms with van der Waals surface area (Å²) < 4.78 is 0. The Balaban J connectivity index is 0.00000107. The molecular weight excluding hydrogens is 486 g/mol. The van der Waals surface area contributed by atoms with Gasteiger partial charge in [-0.15, -0.1) is 28.5 Å². The Morgan fingerprint density at radius 3 is 1.43 bits per heavy atom. The third-order valence-corrected chi connectivity index (χ3v) is 5.16. The first-order valence-corrected chi connectivity index (χ1v) is 9.30. The van der Waals surface area contributed by atoms with Crippen molar-refractivity contribution in [2.45, 2.75) is 0 Å². The van der Waals surface area contributed by atoms with Crippen molar-refractivity contribution in [3.05, 3.63) is 115 Å². The van der Waals surface area contributed by atoms with Gasteiger partial charge in [0.05, 0.1) is 0 Å². The molecule has 5 rings (SSSR count). The summed E-state index contributed by atoms with van der Waals surface area (Å²) in [6, 6.07) is 41.1. The topological polar surface area (TPSA) is 0 Å². The molecule has 1 radical (unpaired) electrons. The van der Waals surface area contributed by atoms with Crippen LogP contribution in [0.3, 0.4) is 0 Å². The number of hydrogen-bond acceptors (Lipinski definition) is 0. The van der Waals surface area contributed by atoms with E-state index in [9.17, 15) is 0 Å². The van der Waals surface area contributed by atoms with Crippen LogP contribution in [0.2, 0.25) is 0 Å². The van der Waals surface area contributed by atoms with E-state index in [-0.39, 0.29) is 51.0 Å². The summed E-state index contributed by atoms with van der Waals surface area (Å²) in [4.78, 5) is 0. The summed E-state index contributed by atoms with van der Waals surface area (Å²) in [5.74, 6) is 0. The number of halogens is 2. The van der Waals surface area contributed by atoms with E-state index in [2.05, 4.69) is 115 Å². The van der Waals surface area contributed by atoms with Crippen LogP contribution in [0.25, 0.3) is 44.2 Å². The van der Waals surface area contributed by atoms with Crippen LogP contribution >= 0.6 is 0 Å². The molecule has 0 aliphatic heterocycles. The molecule has 5 aromatic carbocycles. The Labute approximate surface area is 209 Å². The van der Waals surface area contributed by atoms with Gasteiger partial charge in [0.15, 0.2) is 0 Å². The van der Waals surface area contributed by atoms with E-state index >= 15 is 0 Å². The fourth-order valence-corrected chi connectivity index (χ4v) is 3.84. The van der Waals surface area contributed by atoms with Gasteiger partial charge in [0, 0.05) is 0 Å². The Morgan fingerprint density at radius 2 is 0.900 bits per heavy atom. The molecule has 5 aromatic rings. The van der Waals surface area contributed by atoms with Gasteiger partial charge in [0.1, 0.15) is 0 Å². The molecule has 0 bridgehead atoms. The van der Waals surface area contributed by atoms with Crippen LogP contribution in [-0.4, -0.2) is 0 Å². The molecule has 0 aromatic heterocycles. The Morgan fingerprint density at radius 1 is 0.467 bits per heavy atom. The summed E-state index contributed by atoms with van der Waals surface area (Å²) in [5.41, 5.74) is 7.61. The second kappa shape index (κ2) is 10.8. The Bertz CT molecular complexity index is 1120. The maximum absolute atomic E-state index is 2.33. The summed E-state index contributed by atoms with van der Waals surface area (Å²) in [6.07, 6.45) is 0. The van der Waals surface area contributed by atoms with Crippen LogP contribution in [0, 0.1) is 0 Å². The molecule has 0 aliphatic rings. The molecule has 30 heavy (non-hydrogen) atoms. The van der Waals surface area contributed by atoms with Gasteiger partial charge in [-0.05, 0) is 5.56 Å². The van der Waals surface area contributed by atoms with E-state index in [1.165, 1.54) is 44.2 Å². The quantitative estimate of drug-likeness (QED) is 0.327. The first-order chi connectivity index (χ1) is 13.4. The predicted octanol–water partition coefficient (Wildman–Crippen LogP) is 1.57. The molecule has 0 unspecified atom stereocenters. The van der Waals surface area contributed by atoms with Gasteiger partial charge in [-0.1, -0.05) is 125 Å². The molecule has 0 heterocycles. The smallest absolute Gasteiger partial charge is 1.00 e. The van der Waals surface area contributed by atoms with Gasteiger partial charge < -0.3 is 24.8 Å². The second-order valence-electron chi connectivity index (χ2n) is 6.83. The minimum absolute atomic E-state index is 0. The van der Waals surface area contributed by atoms with Crippen molar-refractivity contribution in [2.24, 2.45) is 0 Å². The van der Waals surface area contributed by atoms with Crippen molar-refractivity contribution in [2.75, 3.05) is 0 Å². The zero-order chi connectivity index (χ0) is 18.1. The maximum Gasteiger partial charge on any atom is 3.00 e. The van der Waals surface area contributed by atoms with E-state index in [4.69, 9.17) is 0 Å². The van der Waals surface area contributed by atoms with Crippen molar-refractivity contribution in [1.82, 2.24) is 0 Å². The number of fused-ring (bicyclic) bond motifs is 1. The van der Waals surface area contributed by atoms with Crippen LogP contribution < -0.4 is 24.8 Å². The van der Waals surface area contributed by atoms with E-state index in [1.54, 1.807) is 0 Å². The molecule has 0 amide bonds. The third-order valence-electron chi connectivity index (χ3n) is 5.16. The minimum atomic E-state index is 0. The fourth-order valence-electron chi connectivity index (χ4n) is 3.84. The summed E-state index contributed by atoms with van der Waals surface area (Å²) in [5, 5.41) is 2.61. The third kappa shape index (κ3) is 4.65. The van der Waals surface area contributed by atoms with Crippen molar-refractivity contribution in [3.8, 4) is 33.4 Å². The van der Waals surface area contributed by atoms with Crippen LogP contribution in [0.1, 0.15) is 0 Å². The zero-order valence-electron chi connectivity index (χ0n) is 16.2. The Hall–Kier alpha value is -2.05. The zero-order valence-corrected chi connectivity index (χ0v) is 20.2. The number of hydrogen-bond donors (Lipinski definition) is 0. The molecule has 0 atom stereocenters. The summed E-state index contributed by atoms with van der Waals surface area (Å²) in [6.45, 7) is 0. The molecule has 0 N–H and O–H groups in total. The van der Waals surface area contributed by atoms with Gasteiger partial charge in [0.25, 0.3) is 0 Å². The van der Waals surface area contributed by atoms with Crippen molar-refractivity contribution >= 4 is 10.8 Å². The van der Waals surface area contributed by atoms with Gasteiger partial charge in [-0.25, -0.2) is 0 Å². The molecule has 0 aliphatic carbocycles. The van der Waals surface area contributed by atoms with Crippen LogP contribution in [0.4, 0.5) is 0 Å². The summed E-state index contributed by atoms with van der Waals surface area (Å²) >= 11 is 0. The van der Waals surface area contributed by atoms with Crippen molar-refractivity contribution < 1.29 is 51.0 Å². The van der Waals surface area contributed by atoms with E-state index < -0.39 is 0 Å². The Kier molecular flexibility index (Phi) is 8.74. The molecule has 145 valence electrons. The summed E-state index contributed by atoms with van der Waals surface area (Å²) in [7, 11) is 0. The molecular formula is C27H19Cl2Zr. The number of benzene rings is 4. The van der Waals surface area contributed by atoms with Crippen molar-refractivity contribution in [1.29, 1.82) is 0 Å². The van der Waals surface area contributed by atoms with Gasteiger partial charge >= 0.3 is 26.2 Å². The molecule has 0 spiro atoms. The van der Waals surface area contributed by atoms with Crippen LogP contribution in [-0.2, 0) is 26.2 Å². The SMILES string of the molecule is [Cl-].[Cl-].[Zr+3].c1ccc(-c2cc3c(-c4ccccc4)ccc(-c4ccccc4)c3[cH-]2)cc1. The van der Waals surface area contributed by atoms with Gasteiger partial charge in [-0.3, -0.25) is 0 Å². The minimum Gasteiger partial charge on any atom is -1.00 e. The van der Waals surface area contributed by atoms with Gasteiger partial charge in [0.2, 0.25) is 0 Å². The molecule has 0 saturated carbocycles. The average Bonchev–Trinajstić information content (AvgIpc) is 3.20. The van der Waals surface area contributed by atoms with Crippen LogP contribution in [0.5, 0.6) is 0 Å². The first-order valence-electron chi connectivity index (χ1n) is 9.30. The maximum atomic E-state index is 2.33. The number of rotatable bonds is 3. The molecule has 3 heteroatoms. The van der Waals surface area contributed by atoms with Crippen LogP contribution in [0.15, 0.2) is 115 Å². The van der Waals surface area contributed by atoms with Gasteiger partial charge in [-0.2, -0.15) is 0 Å². The van der Waals surface area contributed by atoms with Crippen molar-refractivity contribution in [3.63, 3.8) is 0 Å². The predicted molar refractivity (Wildman–Crippen MR) is 116 cm³/mol. The average molecular weight is 506 g/mol. The standard InChI is InChI=1S/C27H19.2ClH.Zr/c1-4-10-20(11-5-1)23-18-26-24(21-12-6-2-7-13-21)16-17-25(27(26)19-23)22-14-8-3-9-15-22;;;/h1-19H;2*1H;/q-1;;;+3/p-2. The first kappa shape index (κ1) is 24.2. The largest absolute Gasteiger partial charge is 3.00 e. The molecule has 0 fully saturated rings. The monoisotopic (exact) mass is 503 g/mol. The second-order valence-corrected chi connectivity index (χ2v) is 6.83. The van der Waals surface area contributed by atoms with E-state index in [0.717, 1.165) is 0 Å². The molecule has 0 nitrogen and oxygen atoms in total. The van der Waals surface area contributed by atoms with E-state index in [1.807, 2.05) is 0 Å². The normalized spacial score (nSPS) is 9.87. The molecule has 0 saturated heterocycles. The fraction of sp³-hybridized carbons (Fsp3) is 0.